The van der Waals surface area contributed by atoms with Crippen LogP contribution in [0.2, 0.25) is 0 Å². The van der Waals surface area contributed by atoms with Gasteiger partial charge in [-0.3, -0.25) is 0 Å². The maximum absolute atomic E-state index is 5.22. The van der Waals surface area contributed by atoms with E-state index in [-0.39, 0.29) is 0 Å². The third kappa shape index (κ3) is 8.59. The van der Waals surface area contributed by atoms with Crippen LogP contribution >= 0.6 is 0 Å². The minimum absolute atomic E-state index is 0.596. The van der Waals surface area contributed by atoms with E-state index in [0.29, 0.717) is 17.5 Å². The lowest BCUT2D eigenvalue weighted by Crippen LogP contribution is -2.11. The largest absolute Gasteiger partial charge is 0.310 e. The minimum Gasteiger partial charge on any atom is -0.310 e. The Morgan fingerprint density at radius 2 is 0.595 bits per heavy atom. The van der Waals surface area contributed by atoms with E-state index in [1.54, 1.807) is 0 Å². The van der Waals surface area contributed by atoms with Gasteiger partial charge in [-0.05, 0) is 123 Å². The van der Waals surface area contributed by atoms with Gasteiger partial charge in [-0.15, -0.1) is 0 Å². The Bertz CT molecular complexity index is 3990. The van der Waals surface area contributed by atoms with E-state index in [1.165, 1.54) is 16.3 Å². The molecular formula is C69H47N5. The highest BCUT2D eigenvalue weighted by Crippen LogP contribution is 2.43. The molecule has 0 unspecified atom stereocenters. The van der Waals surface area contributed by atoms with E-state index >= 15 is 0 Å². The summed E-state index contributed by atoms with van der Waals surface area (Å²) in [6.45, 7) is 0. The van der Waals surface area contributed by atoms with E-state index in [1.807, 2.05) is 36.4 Å². The number of hydrogen-bond acceptors (Lipinski definition) is 4. The number of aromatic nitrogens is 4. The van der Waals surface area contributed by atoms with Gasteiger partial charge in [-0.25, -0.2) is 15.0 Å². The summed E-state index contributed by atoms with van der Waals surface area (Å²) in [7, 11) is 0. The van der Waals surface area contributed by atoms with Crippen LogP contribution < -0.4 is 4.90 Å². The Morgan fingerprint density at radius 1 is 0.230 bits per heavy atom. The van der Waals surface area contributed by atoms with E-state index < -0.39 is 0 Å². The molecule has 0 saturated heterocycles. The molecule has 5 nitrogen and oxygen atoms in total. The lowest BCUT2D eigenvalue weighted by atomic mass is 9.93. The standard InChI is InChI=1S/C69H47N5/c1-6-21-48(22-7-1)51-37-39-59(40-38-51)73(60-31-20-32-61(47-60)74-65-35-18-16-33-63(65)64-34-17-19-36-66(64)74)62-45-56(50-25-10-3-11-26-50)42-57(46-62)55-41-54(49-23-8-2-9-24-49)43-58(44-55)69-71-67(52-27-12-4-13-28-52)70-68(72-69)53-29-14-5-15-30-53/h1-47H. The fourth-order valence-corrected chi connectivity index (χ4v) is 10.2. The number of para-hydroxylation sites is 2. The first-order valence-electron chi connectivity index (χ1n) is 25.0. The van der Waals surface area contributed by atoms with Crippen LogP contribution in [0.3, 0.4) is 0 Å². The highest BCUT2D eigenvalue weighted by atomic mass is 15.1. The topological polar surface area (TPSA) is 46.8 Å². The van der Waals surface area contributed by atoms with Crippen molar-refractivity contribution in [2.45, 2.75) is 0 Å². The van der Waals surface area contributed by atoms with Crippen molar-refractivity contribution in [2.24, 2.45) is 0 Å². The quantitative estimate of drug-likeness (QED) is 0.130. The van der Waals surface area contributed by atoms with Crippen LogP contribution in [-0.4, -0.2) is 19.5 Å². The number of nitrogens with zero attached hydrogens (tertiary/aromatic N) is 5. The van der Waals surface area contributed by atoms with Gasteiger partial charge in [-0.1, -0.05) is 206 Å². The van der Waals surface area contributed by atoms with Crippen molar-refractivity contribution in [3.8, 4) is 84.4 Å². The Kier molecular flexibility index (Phi) is 11.5. The molecule has 2 heterocycles. The Morgan fingerprint density at radius 3 is 1.09 bits per heavy atom. The van der Waals surface area contributed by atoms with E-state index in [0.717, 1.165) is 89.4 Å². The third-order valence-electron chi connectivity index (χ3n) is 13.8. The van der Waals surface area contributed by atoms with Crippen LogP contribution in [-0.2, 0) is 0 Å². The summed E-state index contributed by atoms with van der Waals surface area (Å²) in [5, 5.41) is 2.45. The van der Waals surface area contributed by atoms with Gasteiger partial charge in [0.1, 0.15) is 0 Å². The van der Waals surface area contributed by atoms with Gasteiger partial charge >= 0.3 is 0 Å². The molecule has 5 heteroatoms. The van der Waals surface area contributed by atoms with Gasteiger partial charge in [0.2, 0.25) is 0 Å². The maximum atomic E-state index is 5.22. The molecule has 74 heavy (non-hydrogen) atoms. The van der Waals surface area contributed by atoms with Crippen molar-refractivity contribution < 1.29 is 0 Å². The third-order valence-corrected chi connectivity index (χ3v) is 13.8. The summed E-state index contributed by atoms with van der Waals surface area (Å²) in [6.07, 6.45) is 0. The van der Waals surface area contributed by atoms with Crippen LogP contribution in [0.15, 0.2) is 285 Å². The Labute approximate surface area is 430 Å². The van der Waals surface area contributed by atoms with Gasteiger partial charge in [0, 0.05) is 50.2 Å². The fraction of sp³-hybridized carbons (Fsp3) is 0. The zero-order valence-electron chi connectivity index (χ0n) is 40.4. The monoisotopic (exact) mass is 945 g/mol. The molecule has 13 rings (SSSR count). The van der Waals surface area contributed by atoms with Crippen LogP contribution in [0.1, 0.15) is 0 Å². The number of benzene rings is 11. The summed E-state index contributed by atoms with van der Waals surface area (Å²) in [5.41, 5.74) is 18.0. The van der Waals surface area contributed by atoms with Crippen molar-refractivity contribution in [3.05, 3.63) is 285 Å². The molecule has 0 spiro atoms. The lowest BCUT2D eigenvalue weighted by molar-refractivity contribution is 1.07. The molecule has 0 atom stereocenters. The molecule has 0 fully saturated rings. The number of hydrogen-bond donors (Lipinski definition) is 0. The second kappa shape index (κ2) is 19.3. The lowest BCUT2D eigenvalue weighted by Gasteiger charge is -2.28. The molecule has 348 valence electrons. The smallest absolute Gasteiger partial charge is 0.164 e. The zero-order valence-corrected chi connectivity index (χ0v) is 40.4. The summed E-state index contributed by atoms with van der Waals surface area (Å²) >= 11 is 0. The van der Waals surface area contributed by atoms with Crippen molar-refractivity contribution in [1.29, 1.82) is 0 Å². The van der Waals surface area contributed by atoms with E-state index in [9.17, 15) is 0 Å². The molecule has 0 amide bonds. The average Bonchev–Trinajstić information content (AvgIpc) is 3.83. The molecule has 0 aliphatic carbocycles. The molecule has 0 radical (unpaired) electrons. The van der Waals surface area contributed by atoms with Gasteiger partial charge in [-0.2, -0.15) is 0 Å². The maximum Gasteiger partial charge on any atom is 0.164 e. The first kappa shape index (κ1) is 44.0. The van der Waals surface area contributed by atoms with Crippen LogP contribution in [0, 0.1) is 0 Å². The summed E-state index contributed by atoms with van der Waals surface area (Å²) in [4.78, 5) is 17.9. The van der Waals surface area contributed by atoms with Crippen molar-refractivity contribution in [2.75, 3.05) is 4.90 Å². The molecule has 0 N–H and O–H groups in total. The molecule has 11 aromatic carbocycles. The molecule has 0 aliphatic rings. The minimum atomic E-state index is 0.596. The predicted octanol–water partition coefficient (Wildman–Crippen LogP) is 18.1. The second-order valence-corrected chi connectivity index (χ2v) is 18.5. The van der Waals surface area contributed by atoms with Crippen LogP contribution in [0.5, 0.6) is 0 Å². The second-order valence-electron chi connectivity index (χ2n) is 18.5. The molecular weight excluding hydrogens is 899 g/mol. The van der Waals surface area contributed by atoms with Crippen molar-refractivity contribution in [3.63, 3.8) is 0 Å². The van der Waals surface area contributed by atoms with Crippen LogP contribution in [0.25, 0.3) is 106 Å². The summed E-state index contributed by atoms with van der Waals surface area (Å²) < 4.78 is 2.39. The Hall–Kier alpha value is -9.97. The van der Waals surface area contributed by atoms with Gasteiger partial charge in [0.05, 0.1) is 11.0 Å². The number of anilines is 3. The SMILES string of the molecule is c1ccc(-c2ccc(N(c3cc(-c4ccccc4)cc(-c4cc(-c5ccccc5)cc(-c5nc(-c6ccccc6)nc(-c6ccccc6)n5)c4)c3)c3cccc(-n4c5ccccc5c5ccccc54)c3)cc2)cc1. The van der Waals surface area contributed by atoms with Gasteiger partial charge in [0.25, 0.3) is 0 Å². The van der Waals surface area contributed by atoms with E-state index in [2.05, 4.69) is 258 Å². The van der Waals surface area contributed by atoms with Crippen molar-refractivity contribution >= 4 is 38.9 Å². The first-order chi connectivity index (χ1) is 36.7. The molecule has 0 aliphatic heterocycles. The highest BCUT2D eigenvalue weighted by Gasteiger charge is 2.21. The first-order valence-corrected chi connectivity index (χ1v) is 25.0. The van der Waals surface area contributed by atoms with Gasteiger partial charge in [0.15, 0.2) is 17.5 Å². The molecule has 0 bridgehead atoms. The highest BCUT2D eigenvalue weighted by molar-refractivity contribution is 6.09. The molecule has 13 aromatic rings. The average molecular weight is 946 g/mol. The fourth-order valence-electron chi connectivity index (χ4n) is 10.2. The molecule has 0 saturated carbocycles. The van der Waals surface area contributed by atoms with E-state index in [4.69, 9.17) is 15.0 Å². The molecule has 2 aromatic heterocycles. The zero-order chi connectivity index (χ0) is 49.2. The number of rotatable bonds is 11. The Balaban J connectivity index is 1.04. The predicted molar refractivity (Wildman–Crippen MR) is 307 cm³/mol. The van der Waals surface area contributed by atoms with Gasteiger partial charge < -0.3 is 9.47 Å². The van der Waals surface area contributed by atoms with Crippen LogP contribution in [0.4, 0.5) is 17.1 Å². The summed E-state index contributed by atoms with van der Waals surface area (Å²) in [6, 6.07) is 101. The normalized spacial score (nSPS) is 11.2. The number of fused-ring (bicyclic) bond motifs is 3. The van der Waals surface area contributed by atoms with Crippen molar-refractivity contribution in [1.82, 2.24) is 19.5 Å². The summed E-state index contributed by atoms with van der Waals surface area (Å²) in [5.74, 6) is 1.83.